The summed E-state index contributed by atoms with van der Waals surface area (Å²) in [5.41, 5.74) is 0.632. The maximum absolute atomic E-state index is 13.0. The summed E-state index contributed by atoms with van der Waals surface area (Å²) in [5.74, 6) is 0.0643. The molecule has 0 heterocycles. The van der Waals surface area contributed by atoms with E-state index in [1.165, 1.54) is 26.2 Å². The van der Waals surface area contributed by atoms with Crippen LogP contribution in [0.4, 0.5) is 4.39 Å². The van der Waals surface area contributed by atoms with E-state index in [2.05, 4.69) is 5.32 Å². The normalized spacial score (nSPS) is 12.0. The Labute approximate surface area is 88.2 Å². The van der Waals surface area contributed by atoms with Gasteiger partial charge in [-0.3, -0.25) is 4.79 Å². The Kier molecular flexibility index (Phi) is 3.66. The number of hydrogen-bond acceptors (Lipinski definition) is 2. The molecule has 15 heavy (non-hydrogen) atoms. The van der Waals surface area contributed by atoms with E-state index in [-0.39, 0.29) is 17.8 Å². The number of nitrogens with one attached hydrogen (secondary N) is 1. The fraction of sp³-hybridized carbons (Fsp3) is 0.364. The van der Waals surface area contributed by atoms with Crippen molar-refractivity contribution < 1.29 is 13.9 Å². The highest BCUT2D eigenvalue weighted by Gasteiger charge is 2.12. The van der Waals surface area contributed by atoms with Gasteiger partial charge in [0.25, 0.3) is 0 Å². The van der Waals surface area contributed by atoms with Gasteiger partial charge in [0, 0.05) is 12.5 Å². The number of carbonyl (C=O) groups is 1. The van der Waals surface area contributed by atoms with Crippen molar-refractivity contribution in [2.24, 2.45) is 0 Å². The molecular weight excluding hydrogens is 197 g/mol. The molecule has 0 spiro atoms. The van der Waals surface area contributed by atoms with Crippen molar-refractivity contribution in [2.75, 3.05) is 7.11 Å². The summed E-state index contributed by atoms with van der Waals surface area (Å²) < 4.78 is 18.1. The molecule has 1 unspecified atom stereocenters. The Morgan fingerprint density at radius 2 is 2.20 bits per heavy atom. The zero-order valence-electron chi connectivity index (χ0n) is 9.00. The Morgan fingerprint density at radius 1 is 1.53 bits per heavy atom. The molecule has 0 aliphatic rings. The summed E-state index contributed by atoms with van der Waals surface area (Å²) in [6, 6.07) is 3.96. The lowest BCUT2D eigenvalue weighted by molar-refractivity contribution is -0.119. The monoisotopic (exact) mass is 211 g/mol. The van der Waals surface area contributed by atoms with Crippen LogP contribution in [0.25, 0.3) is 0 Å². The van der Waals surface area contributed by atoms with Crippen molar-refractivity contribution in [3.63, 3.8) is 0 Å². The van der Waals surface area contributed by atoms with Gasteiger partial charge >= 0.3 is 0 Å². The molecule has 1 amide bonds. The molecule has 0 saturated heterocycles. The minimum absolute atomic E-state index is 0.159. The summed E-state index contributed by atoms with van der Waals surface area (Å²) in [5, 5.41) is 2.68. The molecule has 0 bridgehead atoms. The second-order valence-corrected chi connectivity index (χ2v) is 3.31. The highest BCUT2D eigenvalue weighted by atomic mass is 19.1. The SMILES string of the molecule is COc1ccc(F)cc1C(C)NC(C)=O. The maximum atomic E-state index is 13.0. The van der Waals surface area contributed by atoms with Crippen LogP contribution in [0.15, 0.2) is 18.2 Å². The first kappa shape index (κ1) is 11.5. The molecular formula is C11H14FNO2. The third-order valence-corrected chi connectivity index (χ3v) is 2.08. The molecule has 0 aliphatic carbocycles. The molecule has 1 N–H and O–H groups in total. The Bertz CT molecular complexity index is 366. The van der Waals surface area contributed by atoms with Gasteiger partial charge in [0.15, 0.2) is 0 Å². The number of ether oxygens (including phenoxy) is 1. The lowest BCUT2D eigenvalue weighted by atomic mass is 10.1. The van der Waals surface area contributed by atoms with Gasteiger partial charge in [-0.1, -0.05) is 0 Å². The van der Waals surface area contributed by atoms with Crippen LogP contribution < -0.4 is 10.1 Å². The minimum Gasteiger partial charge on any atom is -0.496 e. The van der Waals surface area contributed by atoms with E-state index in [1.54, 1.807) is 13.0 Å². The predicted octanol–water partition coefficient (Wildman–Crippen LogP) is 2.03. The van der Waals surface area contributed by atoms with Crippen LogP contribution in [0.5, 0.6) is 5.75 Å². The van der Waals surface area contributed by atoms with E-state index in [0.29, 0.717) is 11.3 Å². The van der Waals surface area contributed by atoms with Crippen molar-refractivity contribution in [3.8, 4) is 5.75 Å². The molecule has 0 saturated carbocycles. The Morgan fingerprint density at radius 3 is 2.73 bits per heavy atom. The highest BCUT2D eigenvalue weighted by Crippen LogP contribution is 2.25. The topological polar surface area (TPSA) is 38.3 Å². The van der Waals surface area contributed by atoms with Crippen molar-refractivity contribution in [3.05, 3.63) is 29.6 Å². The lowest BCUT2D eigenvalue weighted by Crippen LogP contribution is -2.24. The summed E-state index contributed by atoms with van der Waals surface area (Å²) >= 11 is 0. The molecule has 0 radical (unpaired) electrons. The predicted molar refractivity (Wildman–Crippen MR) is 55.2 cm³/mol. The van der Waals surface area contributed by atoms with Crippen LogP contribution in [0, 0.1) is 5.82 Å². The summed E-state index contributed by atoms with van der Waals surface area (Å²) in [4.78, 5) is 10.9. The molecule has 0 aromatic heterocycles. The molecule has 82 valence electrons. The van der Waals surface area contributed by atoms with Crippen LogP contribution in [0.1, 0.15) is 25.5 Å². The fourth-order valence-corrected chi connectivity index (χ4v) is 1.43. The van der Waals surface area contributed by atoms with Crippen molar-refractivity contribution in [1.29, 1.82) is 0 Å². The van der Waals surface area contributed by atoms with Crippen LogP contribution in [-0.2, 0) is 4.79 Å². The average Bonchev–Trinajstić information content (AvgIpc) is 2.16. The quantitative estimate of drug-likeness (QED) is 0.830. The van der Waals surface area contributed by atoms with E-state index in [4.69, 9.17) is 4.74 Å². The van der Waals surface area contributed by atoms with Gasteiger partial charge in [0.2, 0.25) is 5.91 Å². The van der Waals surface area contributed by atoms with Gasteiger partial charge < -0.3 is 10.1 Å². The van der Waals surface area contributed by atoms with Gasteiger partial charge in [-0.05, 0) is 25.1 Å². The van der Waals surface area contributed by atoms with Gasteiger partial charge in [-0.15, -0.1) is 0 Å². The van der Waals surface area contributed by atoms with Gasteiger partial charge in [0.05, 0.1) is 13.2 Å². The molecule has 1 rings (SSSR count). The number of amides is 1. The Balaban J connectivity index is 2.99. The smallest absolute Gasteiger partial charge is 0.217 e. The number of carbonyl (C=O) groups excluding carboxylic acids is 1. The van der Waals surface area contributed by atoms with Gasteiger partial charge in [-0.25, -0.2) is 4.39 Å². The number of halogens is 1. The maximum Gasteiger partial charge on any atom is 0.217 e. The highest BCUT2D eigenvalue weighted by molar-refractivity contribution is 5.73. The third-order valence-electron chi connectivity index (χ3n) is 2.08. The first-order valence-electron chi connectivity index (χ1n) is 4.65. The van der Waals surface area contributed by atoms with E-state index in [0.717, 1.165) is 0 Å². The number of methoxy groups -OCH3 is 1. The zero-order chi connectivity index (χ0) is 11.4. The van der Waals surface area contributed by atoms with E-state index < -0.39 is 0 Å². The van der Waals surface area contributed by atoms with Crippen molar-refractivity contribution in [1.82, 2.24) is 5.32 Å². The van der Waals surface area contributed by atoms with Gasteiger partial charge in [0.1, 0.15) is 11.6 Å². The molecule has 1 aromatic carbocycles. The summed E-state index contributed by atoms with van der Waals surface area (Å²) in [6.45, 7) is 3.20. The fourth-order valence-electron chi connectivity index (χ4n) is 1.43. The lowest BCUT2D eigenvalue weighted by Gasteiger charge is -2.16. The van der Waals surface area contributed by atoms with E-state index in [1.807, 2.05) is 0 Å². The molecule has 0 fully saturated rings. The van der Waals surface area contributed by atoms with E-state index >= 15 is 0 Å². The minimum atomic E-state index is -0.344. The van der Waals surface area contributed by atoms with Crippen LogP contribution >= 0.6 is 0 Å². The van der Waals surface area contributed by atoms with Crippen LogP contribution in [0.2, 0.25) is 0 Å². The second-order valence-electron chi connectivity index (χ2n) is 3.31. The largest absolute Gasteiger partial charge is 0.496 e. The van der Waals surface area contributed by atoms with Crippen LogP contribution in [-0.4, -0.2) is 13.0 Å². The molecule has 0 aliphatic heterocycles. The standard InChI is InChI=1S/C11H14FNO2/c1-7(13-8(2)14)10-6-9(12)4-5-11(10)15-3/h4-7H,1-3H3,(H,13,14). The van der Waals surface area contributed by atoms with Gasteiger partial charge in [-0.2, -0.15) is 0 Å². The zero-order valence-corrected chi connectivity index (χ0v) is 9.00. The van der Waals surface area contributed by atoms with Crippen LogP contribution in [0.3, 0.4) is 0 Å². The first-order chi connectivity index (χ1) is 7.04. The number of hydrogen-bond donors (Lipinski definition) is 1. The second kappa shape index (κ2) is 4.77. The number of rotatable bonds is 3. The molecule has 3 nitrogen and oxygen atoms in total. The Hall–Kier alpha value is -1.58. The third kappa shape index (κ3) is 2.94. The van der Waals surface area contributed by atoms with Crippen molar-refractivity contribution >= 4 is 5.91 Å². The summed E-state index contributed by atoms with van der Waals surface area (Å²) in [6.07, 6.45) is 0. The molecule has 4 heteroatoms. The van der Waals surface area contributed by atoms with E-state index in [9.17, 15) is 9.18 Å². The molecule has 1 atom stereocenters. The van der Waals surface area contributed by atoms with Crippen molar-refractivity contribution in [2.45, 2.75) is 19.9 Å². The summed E-state index contributed by atoms with van der Waals surface area (Å²) in [7, 11) is 1.51. The number of benzene rings is 1. The average molecular weight is 211 g/mol. The first-order valence-corrected chi connectivity index (χ1v) is 4.65. The molecule has 1 aromatic rings.